The van der Waals surface area contributed by atoms with Crippen molar-refractivity contribution in [1.29, 1.82) is 0 Å². The maximum atomic E-state index is 5.03. The molecule has 0 aliphatic rings. The third-order valence-electron chi connectivity index (χ3n) is 2.90. The molecule has 1 aromatic rings. The van der Waals surface area contributed by atoms with Gasteiger partial charge >= 0.3 is 0 Å². The van der Waals surface area contributed by atoms with E-state index in [0.717, 1.165) is 19.7 Å². The summed E-state index contributed by atoms with van der Waals surface area (Å²) in [5.74, 6) is 0. The predicted molar refractivity (Wildman–Crippen MR) is 80.5 cm³/mol. The van der Waals surface area contributed by atoms with Crippen LogP contribution in [0.15, 0.2) is 12.1 Å². The maximum Gasteiger partial charge on any atom is 0.0462 e. The molecule has 0 aliphatic carbocycles. The quantitative estimate of drug-likeness (QED) is 0.721. The number of nitrogens with one attached hydrogen (secondary N) is 1. The molecular formula is C15H27NOS. The summed E-state index contributed by atoms with van der Waals surface area (Å²) in [6.07, 6.45) is 3.66. The number of methoxy groups -OCH3 is 1. The summed E-state index contributed by atoms with van der Waals surface area (Å²) in [4.78, 5) is 2.91. The van der Waals surface area contributed by atoms with Gasteiger partial charge in [-0.3, -0.25) is 0 Å². The number of rotatable bonds is 8. The van der Waals surface area contributed by atoms with Gasteiger partial charge in [0.25, 0.3) is 0 Å². The van der Waals surface area contributed by atoms with Crippen LogP contribution in [0.5, 0.6) is 0 Å². The fourth-order valence-corrected chi connectivity index (χ4v) is 2.80. The summed E-state index contributed by atoms with van der Waals surface area (Å²) >= 11 is 1.93. The molecular weight excluding hydrogens is 242 g/mol. The first-order valence-electron chi connectivity index (χ1n) is 6.83. The molecule has 104 valence electrons. The molecule has 0 saturated heterocycles. The Morgan fingerprint density at radius 2 is 1.94 bits per heavy atom. The van der Waals surface area contributed by atoms with Crippen molar-refractivity contribution in [3.05, 3.63) is 21.9 Å². The largest absolute Gasteiger partial charge is 0.385 e. The molecule has 0 unspecified atom stereocenters. The highest BCUT2D eigenvalue weighted by Crippen LogP contribution is 2.29. The van der Waals surface area contributed by atoms with Crippen molar-refractivity contribution in [2.75, 3.05) is 20.3 Å². The second-order valence-corrected chi connectivity index (χ2v) is 6.91. The van der Waals surface area contributed by atoms with Gasteiger partial charge in [0, 0.05) is 30.0 Å². The SMILES string of the molecule is COCCCCCNCc1ccc(C(C)(C)C)s1. The lowest BCUT2D eigenvalue weighted by Gasteiger charge is -2.15. The average Bonchev–Trinajstić information content (AvgIpc) is 2.76. The van der Waals surface area contributed by atoms with Crippen molar-refractivity contribution < 1.29 is 4.74 Å². The maximum absolute atomic E-state index is 5.03. The zero-order valence-corrected chi connectivity index (χ0v) is 13.0. The Bertz CT molecular complexity index is 327. The van der Waals surface area contributed by atoms with Gasteiger partial charge in [-0.1, -0.05) is 20.8 Å². The van der Waals surface area contributed by atoms with Crippen molar-refractivity contribution in [2.45, 2.75) is 52.0 Å². The minimum Gasteiger partial charge on any atom is -0.385 e. The van der Waals surface area contributed by atoms with Gasteiger partial charge in [-0.15, -0.1) is 11.3 Å². The number of hydrogen-bond donors (Lipinski definition) is 1. The van der Waals surface area contributed by atoms with Crippen LogP contribution in [0.4, 0.5) is 0 Å². The van der Waals surface area contributed by atoms with Crippen LogP contribution in [0.3, 0.4) is 0 Å². The third kappa shape index (κ3) is 5.98. The summed E-state index contributed by atoms with van der Waals surface area (Å²) in [7, 11) is 1.77. The molecule has 0 atom stereocenters. The molecule has 1 heterocycles. The van der Waals surface area contributed by atoms with E-state index in [-0.39, 0.29) is 5.41 Å². The zero-order chi connectivity index (χ0) is 13.4. The summed E-state index contributed by atoms with van der Waals surface area (Å²) in [6, 6.07) is 4.52. The molecule has 0 saturated carbocycles. The number of hydrogen-bond acceptors (Lipinski definition) is 3. The van der Waals surface area contributed by atoms with Gasteiger partial charge in [-0.25, -0.2) is 0 Å². The Balaban J connectivity index is 2.14. The lowest BCUT2D eigenvalue weighted by molar-refractivity contribution is 0.192. The Morgan fingerprint density at radius 1 is 1.17 bits per heavy atom. The number of unbranched alkanes of at least 4 members (excludes halogenated alkanes) is 2. The second kappa shape index (κ2) is 7.93. The molecule has 0 bridgehead atoms. The fourth-order valence-electron chi connectivity index (χ4n) is 1.76. The number of ether oxygens (including phenoxy) is 1. The molecule has 0 spiro atoms. The van der Waals surface area contributed by atoms with Gasteiger partial charge in [0.15, 0.2) is 0 Å². The molecule has 1 rings (SSSR count). The van der Waals surface area contributed by atoms with Gasteiger partial charge in [-0.2, -0.15) is 0 Å². The van der Waals surface area contributed by atoms with Crippen LogP contribution in [0.2, 0.25) is 0 Å². The van der Waals surface area contributed by atoms with Crippen LogP contribution in [-0.4, -0.2) is 20.3 Å². The van der Waals surface area contributed by atoms with Crippen molar-refractivity contribution in [1.82, 2.24) is 5.32 Å². The average molecular weight is 269 g/mol. The van der Waals surface area contributed by atoms with Gasteiger partial charge in [0.2, 0.25) is 0 Å². The van der Waals surface area contributed by atoms with E-state index in [0.29, 0.717) is 0 Å². The minimum atomic E-state index is 0.281. The fraction of sp³-hybridized carbons (Fsp3) is 0.733. The van der Waals surface area contributed by atoms with E-state index in [9.17, 15) is 0 Å². The normalized spacial score (nSPS) is 12.0. The molecule has 1 N–H and O–H groups in total. The van der Waals surface area contributed by atoms with E-state index in [4.69, 9.17) is 4.74 Å². The first-order chi connectivity index (χ1) is 8.54. The molecule has 0 radical (unpaired) electrons. The molecule has 0 amide bonds. The molecule has 2 nitrogen and oxygen atoms in total. The van der Waals surface area contributed by atoms with E-state index in [1.165, 1.54) is 29.0 Å². The van der Waals surface area contributed by atoms with Crippen LogP contribution in [0, 0.1) is 0 Å². The van der Waals surface area contributed by atoms with Crippen LogP contribution in [0.25, 0.3) is 0 Å². The summed E-state index contributed by atoms with van der Waals surface area (Å²) < 4.78 is 5.03. The van der Waals surface area contributed by atoms with Crippen molar-refractivity contribution in [3.8, 4) is 0 Å². The lowest BCUT2D eigenvalue weighted by atomic mass is 9.95. The monoisotopic (exact) mass is 269 g/mol. The van der Waals surface area contributed by atoms with Gasteiger partial charge < -0.3 is 10.1 Å². The zero-order valence-electron chi connectivity index (χ0n) is 12.2. The van der Waals surface area contributed by atoms with E-state index in [1.54, 1.807) is 7.11 Å². The Morgan fingerprint density at radius 3 is 2.56 bits per heavy atom. The van der Waals surface area contributed by atoms with Gasteiger partial charge in [0.1, 0.15) is 0 Å². The Labute approximate surface area is 116 Å². The Hall–Kier alpha value is -0.380. The van der Waals surface area contributed by atoms with E-state index >= 15 is 0 Å². The van der Waals surface area contributed by atoms with E-state index in [1.807, 2.05) is 11.3 Å². The van der Waals surface area contributed by atoms with E-state index < -0.39 is 0 Å². The highest BCUT2D eigenvalue weighted by molar-refractivity contribution is 7.12. The highest BCUT2D eigenvalue weighted by Gasteiger charge is 2.15. The van der Waals surface area contributed by atoms with Crippen molar-refractivity contribution >= 4 is 11.3 Å². The highest BCUT2D eigenvalue weighted by atomic mass is 32.1. The predicted octanol–water partition coefficient (Wildman–Crippen LogP) is 3.95. The third-order valence-corrected chi connectivity index (χ3v) is 4.41. The minimum absolute atomic E-state index is 0.281. The van der Waals surface area contributed by atoms with Crippen LogP contribution < -0.4 is 5.32 Å². The number of thiophene rings is 1. The summed E-state index contributed by atoms with van der Waals surface area (Å²) in [5.41, 5.74) is 0.281. The van der Waals surface area contributed by atoms with E-state index in [2.05, 4.69) is 38.2 Å². The summed E-state index contributed by atoms with van der Waals surface area (Å²) in [5, 5.41) is 3.51. The topological polar surface area (TPSA) is 21.3 Å². The lowest BCUT2D eigenvalue weighted by Crippen LogP contribution is -2.14. The summed E-state index contributed by atoms with van der Waals surface area (Å²) in [6.45, 7) is 9.81. The van der Waals surface area contributed by atoms with Crippen LogP contribution >= 0.6 is 11.3 Å². The van der Waals surface area contributed by atoms with Crippen LogP contribution in [0.1, 0.15) is 49.8 Å². The molecule has 1 aromatic heterocycles. The first-order valence-corrected chi connectivity index (χ1v) is 7.64. The smallest absolute Gasteiger partial charge is 0.0462 e. The molecule has 0 aromatic carbocycles. The molecule has 3 heteroatoms. The van der Waals surface area contributed by atoms with Crippen molar-refractivity contribution in [2.24, 2.45) is 0 Å². The Kier molecular flexibility index (Phi) is 6.90. The first kappa shape index (κ1) is 15.7. The van der Waals surface area contributed by atoms with Crippen molar-refractivity contribution in [3.63, 3.8) is 0 Å². The molecule has 0 fully saturated rings. The van der Waals surface area contributed by atoms with Gasteiger partial charge in [0.05, 0.1) is 0 Å². The van der Waals surface area contributed by atoms with Gasteiger partial charge in [-0.05, 0) is 43.4 Å². The molecule has 0 aliphatic heterocycles. The standard InChI is InChI=1S/C15H27NOS/c1-15(2,3)14-9-8-13(18-14)12-16-10-6-5-7-11-17-4/h8-9,16H,5-7,10-12H2,1-4H3. The molecule has 18 heavy (non-hydrogen) atoms. The van der Waals surface area contributed by atoms with Crippen LogP contribution in [-0.2, 0) is 16.7 Å². The second-order valence-electron chi connectivity index (χ2n) is 5.75.